The van der Waals surface area contributed by atoms with Crippen LogP contribution in [0.25, 0.3) is 0 Å². The molecule has 1 N–H and O–H groups in total. The Balaban J connectivity index is 4.50. The Bertz CT molecular complexity index is 213. The first kappa shape index (κ1) is 14.8. The molecule has 0 aromatic carbocycles. The van der Waals surface area contributed by atoms with Gasteiger partial charge in [0.25, 0.3) is 0 Å². The van der Waals surface area contributed by atoms with Crippen molar-refractivity contribution in [3.8, 4) is 0 Å². The van der Waals surface area contributed by atoms with Crippen LogP contribution in [0.1, 0.15) is 48.0 Å². The van der Waals surface area contributed by atoms with E-state index in [2.05, 4.69) is 26.1 Å². The van der Waals surface area contributed by atoms with Crippen molar-refractivity contribution in [3.05, 3.63) is 0 Å². The third kappa shape index (κ3) is 5.41. The van der Waals surface area contributed by atoms with Crippen LogP contribution in [0.2, 0.25) is 0 Å². The number of hydrogen-bond donors (Lipinski definition) is 1. The predicted octanol–water partition coefficient (Wildman–Crippen LogP) is 3.19. The lowest BCUT2D eigenvalue weighted by Gasteiger charge is -2.33. The molecule has 0 heterocycles. The second kappa shape index (κ2) is 5.20. The maximum Gasteiger partial charge on any atom is 0.225 e. The summed E-state index contributed by atoms with van der Waals surface area (Å²) in [4.78, 5) is 11.8. The molecule has 0 fully saturated rings. The topological polar surface area (TPSA) is 29.1 Å². The molecule has 0 spiro atoms. The van der Waals surface area contributed by atoms with Gasteiger partial charge < -0.3 is 5.32 Å². The van der Waals surface area contributed by atoms with E-state index in [1.54, 1.807) is 0 Å². The minimum atomic E-state index is -0.337. The molecule has 1 unspecified atom stereocenters. The number of alkyl halides is 1. The van der Waals surface area contributed by atoms with Gasteiger partial charge in [0.05, 0.1) is 0 Å². The largest absolute Gasteiger partial charge is 0.352 e. The Kier molecular flexibility index (Phi) is 5.12. The minimum absolute atomic E-state index is 0.0514. The lowest BCUT2D eigenvalue weighted by molar-refractivity contribution is -0.130. The zero-order chi connectivity index (χ0) is 12.3. The summed E-state index contributed by atoms with van der Waals surface area (Å²) in [5.74, 6) is 0.666. The van der Waals surface area contributed by atoms with Crippen LogP contribution in [-0.2, 0) is 4.79 Å². The third-order valence-electron chi connectivity index (χ3n) is 2.43. The van der Waals surface area contributed by atoms with Crippen molar-refractivity contribution in [2.45, 2.75) is 54.0 Å². The molecular formula is C12H24ClNO. The van der Waals surface area contributed by atoms with Gasteiger partial charge in [-0.2, -0.15) is 0 Å². The molecule has 90 valence electrons. The van der Waals surface area contributed by atoms with Gasteiger partial charge in [-0.3, -0.25) is 4.79 Å². The molecule has 0 aliphatic rings. The Morgan fingerprint density at radius 2 is 1.67 bits per heavy atom. The van der Waals surface area contributed by atoms with E-state index in [4.69, 9.17) is 11.6 Å². The quantitative estimate of drug-likeness (QED) is 0.746. The Morgan fingerprint density at radius 1 is 1.20 bits per heavy atom. The van der Waals surface area contributed by atoms with Gasteiger partial charge in [-0.25, -0.2) is 0 Å². The fraction of sp³-hybridized carbons (Fsp3) is 0.917. The van der Waals surface area contributed by atoms with Crippen LogP contribution in [0.5, 0.6) is 0 Å². The van der Waals surface area contributed by atoms with Gasteiger partial charge in [0.1, 0.15) is 0 Å². The molecule has 2 nitrogen and oxygen atoms in total. The van der Waals surface area contributed by atoms with Crippen molar-refractivity contribution in [1.82, 2.24) is 5.32 Å². The average Bonchev–Trinajstić information content (AvgIpc) is 1.99. The number of amides is 1. The van der Waals surface area contributed by atoms with E-state index in [1.807, 2.05) is 20.8 Å². The number of rotatable bonds is 3. The number of carbonyl (C=O) groups excluding carboxylic acids is 1. The summed E-state index contributed by atoms with van der Waals surface area (Å²) >= 11 is 5.75. The van der Waals surface area contributed by atoms with Crippen LogP contribution in [-0.4, -0.2) is 17.8 Å². The molecule has 3 heteroatoms. The van der Waals surface area contributed by atoms with Gasteiger partial charge in [0.15, 0.2) is 0 Å². The highest BCUT2D eigenvalue weighted by molar-refractivity contribution is 6.17. The molecule has 0 bridgehead atoms. The fourth-order valence-corrected chi connectivity index (χ4v) is 1.42. The van der Waals surface area contributed by atoms with Crippen LogP contribution < -0.4 is 5.32 Å². The summed E-state index contributed by atoms with van der Waals surface area (Å²) < 4.78 is 0. The highest BCUT2D eigenvalue weighted by Gasteiger charge is 2.29. The normalized spacial score (nSPS) is 14.9. The van der Waals surface area contributed by atoms with Gasteiger partial charge in [0.2, 0.25) is 5.91 Å². The van der Waals surface area contributed by atoms with Crippen LogP contribution in [0.4, 0.5) is 0 Å². The number of hydrogen-bond acceptors (Lipinski definition) is 1. The molecule has 0 aromatic heterocycles. The predicted molar refractivity (Wildman–Crippen MR) is 66.2 cm³/mol. The van der Waals surface area contributed by atoms with E-state index >= 15 is 0 Å². The first-order valence-corrected chi connectivity index (χ1v) is 5.99. The van der Waals surface area contributed by atoms with Crippen LogP contribution in [0, 0.1) is 10.8 Å². The minimum Gasteiger partial charge on any atom is -0.352 e. The smallest absolute Gasteiger partial charge is 0.225 e. The highest BCUT2D eigenvalue weighted by Crippen LogP contribution is 2.24. The second-order valence-corrected chi connectivity index (χ2v) is 6.50. The number of carbonyl (C=O) groups is 1. The third-order valence-corrected chi connectivity index (χ3v) is 2.65. The molecule has 0 saturated carbocycles. The van der Waals surface area contributed by atoms with E-state index in [0.717, 1.165) is 6.42 Å². The molecular weight excluding hydrogens is 210 g/mol. The SMILES string of the molecule is CC(C)(C)C(=O)NC(CCCl)C(C)(C)C. The van der Waals surface area contributed by atoms with Crippen molar-refractivity contribution < 1.29 is 4.79 Å². The lowest BCUT2D eigenvalue weighted by atomic mass is 9.84. The Morgan fingerprint density at radius 3 is 1.93 bits per heavy atom. The lowest BCUT2D eigenvalue weighted by Crippen LogP contribution is -2.48. The molecule has 1 amide bonds. The first-order valence-electron chi connectivity index (χ1n) is 5.46. The average molecular weight is 234 g/mol. The van der Waals surface area contributed by atoms with E-state index in [1.165, 1.54) is 0 Å². The fourth-order valence-electron chi connectivity index (χ4n) is 1.21. The summed E-state index contributed by atoms with van der Waals surface area (Å²) in [6.45, 7) is 12.1. The number of nitrogens with one attached hydrogen (secondary N) is 1. The summed E-state index contributed by atoms with van der Waals surface area (Å²) in [5.41, 5.74) is -0.286. The monoisotopic (exact) mass is 233 g/mol. The molecule has 15 heavy (non-hydrogen) atoms. The molecule has 0 rings (SSSR count). The van der Waals surface area contributed by atoms with Crippen LogP contribution in [0.15, 0.2) is 0 Å². The van der Waals surface area contributed by atoms with E-state index < -0.39 is 0 Å². The zero-order valence-electron chi connectivity index (χ0n) is 10.8. The molecule has 0 radical (unpaired) electrons. The second-order valence-electron chi connectivity index (χ2n) is 6.12. The zero-order valence-corrected chi connectivity index (χ0v) is 11.5. The van der Waals surface area contributed by atoms with E-state index in [-0.39, 0.29) is 22.8 Å². The molecule has 1 atom stereocenters. The maximum atomic E-state index is 11.8. The highest BCUT2D eigenvalue weighted by atomic mass is 35.5. The number of halogens is 1. The standard InChI is InChI=1S/C12H24ClNO/c1-11(2,3)9(7-8-13)14-10(15)12(4,5)6/h9H,7-8H2,1-6H3,(H,14,15). The first-order chi connectivity index (χ1) is 6.59. The molecule has 0 aromatic rings. The summed E-state index contributed by atoms with van der Waals surface area (Å²) in [6.07, 6.45) is 0.812. The molecule has 0 saturated heterocycles. The van der Waals surface area contributed by atoms with Crippen LogP contribution >= 0.6 is 11.6 Å². The van der Waals surface area contributed by atoms with E-state index in [0.29, 0.717) is 5.88 Å². The van der Waals surface area contributed by atoms with Gasteiger partial charge >= 0.3 is 0 Å². The summed E-state index contributed by atoms with van der Waals surface area (Å²) in [6, 6.07) is 0.140. The van der Waals surface area contributed by atoms with Crippen LogP contribution in [0.3, 0.4) is 0 Å². The summed E-state index contributed by atoms with van der Waals surface area (Å²) in [5, 5.41) is 3.07. The molecule has 0 aliphatic carbocycles. The van der Waals surface area contributed by atoms with Gasteiger partial charge in [-0.05, 0) is 11.8 Å². The molecule has 0 aliphatic heterocycles. The Hall–Kier alpha value is -0.240. The Labute approximate surface area is 98.8 Å². The van der Waals surface area contributed by atoms with Crippen molar-refractivity contribution in [2.24, 2.45) is 10.8 Å². The van der Waals surface area contributed by atoms with Gasteiger partial charge in [0, 0.05) is 17.3 Å². The van der Waals surface area contributed by atoms with Gasteiger partial charge in [-0.15, -0.1) is 11.6 Å². The van der Waals surface area contributed by atoms with E-state index in [9.17, 15) is 4.79 Å². The van der Waals surface area contributed by atoms with Crippen molar-refractivity contribution in [3.63, 3.8) is 0 Å². The summed E-state index contributed by atoms with van der Waals surface area (Å²) in [7, 11) is 0. The van der Waals surface area contributed by atoms with Crippen molar-refractivity contribution in [1.29, 1.82) is 0 Å². The maximum absolute atomic E-state index is 11.8. The van der Waals surface area contributed by atoms with Crippen molar-refractivity contribution >= 4 is 17.5 Å². The van der Waals surface area contributed by atoms with Crippen molar-refractivity contribution in [2.75, 3.05) is 5.88 Å². The van der Waals surface area contributed by atoms with Gasteiger partial charge in [-0.1, -0.05) is 41.5 Å².